The number of rotatable bonds is 36. The Balaban J connectivity index is 0.951. The summed E-state index contributed by atoms with van der Waals surface area (Å²) in [5, 5.41) is 204. The molecule has 1 aliphatic carbocycles. The quantitative estimate of drug-likeness (QED) is 0.0216. The highest BCUT2D eigenvalue weighted by Crippen LogP contribution is 2.43. The van der Waals surface area contributed by atoms with Crippen LogP contribution in [0.1, 0.15) is 168 Å². The van der Waals surface area contributed by atoms with Crippen molar-refractivity contribution in [3.05, 3.63) is 163 Å². The largest absolute Gasteiger partial charge is 0.493 e. The Morgan fingerprint density at radius 1 is 0.283 bits per heavy atom. The van der Waals surface area contributed by atoms with E-state index in [1.54, 1.807) is 0 Å². The molecule has 4 aromatic carbocycles. The standard InChI is InChI=1S/C80H108N12O28/c1-5-9-113-73-45-13-41(33-109-37-53-25-81-85-89(53)77-69(105)65(101)61(97)57(29-93)117-77)14-46(73)22-48-16-43(35-111-39-55-27-83-87-91(55)79-71(107)67(103)63(99)59(31-95)119-79)18-50(75(48)115-11-7-3)24-52-20-44(36-112-40-56-28-84-88-92(56)80-72(108)68(104)64(100)60(32-96)120-80)19-51(76(52)116-12-8-4)23-49-17-42(15-47(21-45)74(49)114-10-6-2)34-110-38-54-26-82-86-90(54)78-70(106)66(102)62(98)58(30-94)118-78/h13-20,25-28,57-72,77-80,93-108H,5-12,21-24,29-40H2,1-4H3. The molecule has 8 bridgehead atoms. The molecule has 40 heteroatoms. The molecule has 8 aromatic rings. The van der Waals surface area contributed by atoms with Crippen molar-refractivity contribution < 1.29 is 139 Å². The van der Waals surface area contributed by atoms with E-state index in [0.29, 0.717) is 138 Å². The maximum atomic E-state index is 11.2. The van der Waals surface area contributed by atoms with E-state index in [-0.39, 0.29) is 105 Å². The Kier molecular flexibility index (Phi) is 30.7. The van der Waals surface area contributed by atoms with Gasteiger partial charge in [-0.05, 0) is 141 Å². The first-order valence-electron chi connectivity index (χ1n) is 40.3. The van der Waals surface area contributed by atoms with Gasteiger partial charge in [-0.25, -0.2) is 18.7 Å². The highest BCUT2D eigenvalue weighted by molar-refractivity contribution is 5.59. The van der Waals surface area contributed by atoms with Crippen LogP contribution in [0.25, 0.3) is 0 Å². The zero-order chi connectivity index (χ0) is 85.0. The van der Waals surface area contributed by atoms with Gasteiger partial charge in [-0.3, -0.25) is 0 Å². The highest BCUT2D eigenvalue weighted by Gasteiger charge is 2.49. The molecule has 13 rings (SSSR count). The minimum Gasteiger partial charge on any atom is -0.493 e. The third-order valence-electron chi connectivity index (χ3n) is 21.6. The second kappa shape index (κ2) is 41.2. The lowest BCUT2D eigenvalue weighted by Crippen LogP contribution is -2.56. The second-order valence-electron chi connectivity index (χ2n) is 30.6. The molecule has 120 heavy (non-hydrogen) atoms. The van der Waals surface area contributed by atoms with Gasteiger partial charge in [0.05, 0.1) is 153 Å². The zero-order valence-electron chi connectivity index (χ0n) is 66.9. The van der Waals surface area contributed by atoms with Gasteiger partial charge in [0.1, 0.15) is 121 Å². The molecule has 0 saturated carbocycles. The van der Waals surface area contributed by atoms with Gasteiger partial charge in [-0.15, -0.1) is 20.4 Å². The smallest absolute Gasteiger partial charge is 0.181 e. The van der Waals surface area contributed by atoms with Crippen molar-refractivity contribution in [2.45, 2.75) is 254 Å². The Morgan fingerprint density at radius 3 is 0.650 bits per heavy atom. The van der Waals surface area contributed by atoms with E-state index >= 15 is 0 Å². The molecule has 40 nitrogen and oxygen atoms in total. The normalized spacial score (nSPS) is 27.7. The summed E-state index contributed by atoms with van der Waals surface area (Å²) < 4.78 is 82.9. The number of ether oxygens (including phenoxy) is 12. The summed E-state index contributed by atoms with van der Waals surface area (Å²) in [7, 11) is 0. The van der Waals surface area contributed by atoms with Gasteiger partial charge in [0.25, 0.3) is 0 Å². The van der Waals surface area contributed by atoms with E-state index in [0.717, 1.165) is 0 Å². The molecule has 20 atom stereocenters. The van der Waals surface area contributed by atoms with E-state index < -0.39 is 149 Å². The second-order valence-corrected chi connectivity index (χ2v) is 30.6. The first kappa shape index (κ1) is 89.4. The van der Waals surface area contributed by atoms with Crippen LogP contribution in [0, 0.1) is 0 Å². The molecule has 0 spiro atoms. The number of aliphatic hydroxyl groups is 16. The van der Waals surface area contributed by atoms with Crippen LogP contribution < -0.4 is 18.9 Å². The third kappa shape index (κ3) is 19.8. The number of hydrogen-bond acceptors (Lipinski definition) is 36. The first-order chi connectivity index (χ1) is 58.1. The van der Waals surface area contributed by atoms with Gasteiger partial charge < -0.3 is 139 Å². The van der Waals surface area contributed by atoms with Crippen LogP contribution in [0.5, 0.6) is 23.0 Å². The molecular formula is C80H108N12O28. The van der Waals surface area contributed by atoms with E-state index in [9.17, 15) is 81.7 Å². The molecular weight excluding hydrogens is 1580 g/mol. The average molecular weight is 1690 g/mol. The van der Waals surface area contributed by atoms with Crippen molar-refractivity contribution in [1.82, 2.24) is 60.0 Å². The first-order valence-corrected chi connectivity index (χ1v) is 40.3. The van der Waals surface area contributed by atoms with Gasteiger partial charge in [0.15, 0.2) is 24.9 Å². The van der Waals surface area contributed by atoms with Crippen LogP contribution in [0.2, 0.25) is 0 Å². The van der Waals surface area contributed by atoms with Crippen LogP contribution in [0.3, 0.4) is 0 Å². The Bertz CT molecular complexity index is 3960. The van der Waals surface area contributed by atoms with Crippen molar-refractivity contribution in [2.75, 3.05) is 52.9 Å². The third-order valence-corrected chi connectivity index (χ3v) is 21.6. The lowest BCUT2D eigenvalue weighted by Gasteiger charge is -2.40. The van der Waals surface area contributed by atoms with E-state index in [1.165, 1.54) is 43.5 Å². The lowest BCUT2D eigenvalue weighted by molar-refractivity contribution is -0.255. The number of benzene rings is 4. The molecule has 4 fully saturated rings. The van der Waals surface area contributed by atoms with E-state index in [1.807, 2.05) is 76.2 Å². The number of nitrogens with zero attached hydrogens (tertiary/aromatic N) is 12. The molecule has 8 heterocycles. The summed E-state index contributed by atoms with van der Waals surface area (Å²) in [5.41, 5.74) is 9.42. The minimum atomic E-state index is -1.71. The summed E-state index contributed by atoms with van der Waals surface area (Å²) in [6, 6.07) is 15.9. The number of fused-ring (bicyclic) bond motifs is 8. The zero-order valence-corrected chi connectivity index (χ0v) is 66.9. The van der Waals surface area contributed by atoms with Crippen LogP contribution in [0.4, 0.5) is 0 Å². The monoisotopic (exact) mass is 1680 g/mol. The topological polar surface area (TPSA) is 557 Å². The van der Waals surface area contributed by atoms with Crippen molar-refractivity contribution in [2.24, 2.45) is 0 Å². The molecule has 5 aliphatic rings. The Labute approximate surface area is 689 Å². The SMILES string of the molecule is CCCOc1c2cc(COCc3cnnn3C3OC(CO)C(O)C(O)C3O)cc1Cc1cc(COCc3cnnn3C3OC(CO)C(O)C(O)C3O)cc(c1OCCC)Cc1cc(COCc3cnnn3C3OC(CO)C(O)C(O)C3O)cc(c1OCCC)Cc1cc(COCc3cnnn3C3OC(CO)C(O)C(O)C3O)cc(c1OCCC)C2. The molecule has 0 amide bonds. The van der Waals surface area contributed by atoms with Crippen molar-refractivity contribution >= 4 is 0 Å². The van der Waals surface area contributed by atoms with Gasteiger partial charge >= 0.3 is 0 Å². The van der Waals surface area contributed by atoms with E-state index in [2.05, 4.69) is 41.2 Å². The summed E-state index contributed by atoms with van der Waals surface area (Å²) in [5.74, 6) is 2.14. The summed E-state index contributed by atoms with van der Waals surface area (Å²) in [4.78, 5) is 0. The van der Waals surface area contributed by atoms with Crippen LogP contribution in [-0.2, 0) is 116 Å². The predicted molar refractivity (Wildman–Crippen MR) is 410 cm³/mol. The minimum absolute atomic E-state index is 0.0618. The van der Waals surface area contributed by atoms with Gasteiger partial charge in [-0.1, -0.05) is 48.5 Å². The summed E-state index contributed by atoms with van der Waals surface area (Å²) in [6.45, 7) is 5.40. The summed E-state index contributed by atoms with van der Waals surface area (Å²) >= 11 is 0. The van der Waals surface area contributed by atoms with Gasteiger partial charge in [0, 0.05) is 25.7 Å². The van der Waals surface area contributed by atoms with Crippen LogP contribution in [0.15, 0.2) is 73.3 Å². The molecule has 0 radical (unpaired) electrons. The summed E-state index contributed by atoms with van der Waals surface area (Å²) in [6.07, 6.45) is -22.1. The lowest BCUT2D eigenvalue weighted by atomic mass is 9.88. The van der Waals surface area contributed by atoms with Gasteiger partial charge in [0.2, 0.25) is 0 Å². The van der Waals surface area contributed by atoms with E-state index in [4.69, 9.17) is 56.8 Å². The maximum Gasteiger partial charge on any atom is 0.181 e. The predicted octanol–water partition coefficient (Wildman–Crippen LogP) is -1.36. The number of aromatic nitrogens is 12. The van der Waals surface area contributed by atoms with Crippen molar-refractivity contribution in [3.8, 4) is 23.0 Å². The maximum absolute atomic E-state index is 11.2. The fraction of sp³-hybridized carbons (Fsp3) is 0.600. The molecule has 4 aliphatic heterocycles. The van der Waals surface area contributed by atoms with Crippen molar-refractivity contribution in [1.29, 1.82) is 0 Å². The van der Waals surface area contributed by atoms with Crippen molar-refractivity contribution in [3.63, 3.8) is 0 Å². The fourth-order valence-electron chi connectivity index (χ4n) is 15.6. The van der Waals surface area contributed by atoms with Gasteiger partial charge in [-0.2, -0.15) is 0 Å². The average Bonchev–Trinajstić information content (AvgIpc) is 1.28. The Hall–Kier alpha value is -8.32. The molecule has 4 aromatic heterocycles. The Morgan fingerprint density at radius 2 is 0.475 bits per heavy atom. The molecule has 656 valence electrons. The van der Waals surface area contributed by atoms with Crippen LogP contribution in [-0.4, -0.2) is 292 Å². The highest BCUT2D eigenvalue weighted by atomic mass is 16.6. The van der Waals surface area contributed by atoms with Crippen LogP contribution >= 0.6 is 0 Å². The molecule has 16 N–H and O–H groups in total. The molecule has 20 unspecified atom stereocenters. The number of aliphatic hydroxyl groups excluding tert-OH is 16. The molecule has 4 saturated heterocycles. The fourth-order valence-corrected chi connectivity index (χ4v) is 15.6. The number of hydrogen-bond donors (Lipinski definition) is 16.